The molecule has 0 unspecified atom stereocenters. The van der Waals surface area contributed by atoms with E-state index in [0.717, 1.165) is 6.92 Å². The van der Waals surface area contributed by atoms with Gasteiger partial charge in [-0.2, -0.15) is 0 Å². The molecule has 5 nitrogen and oxygen atoms in total. The highest BCUT2D eigenvalue weighted by Crippen LogP contribution is 2.06. The average molecular weight is 245 g/mol. The van der Waals surface area contributed by atoms with Crippen LogP contribution in [0.1, 0.15) is 20.8 Å². The third kappa shape index (κ3) is 4.90. The van der Waals surface area contributed by atoms with Crippen molar-refractivity contribution >= 4 is 16.0 Å². The Hall–Kier alpha value is -1.40. The summed E-state index contributed by atoms with van der Waals surface area (Å²) >= 11 is 0. The molecule has 0 saturated heterocycles. The molecule has 0 amide bonds. The SMILES string of the molecule is CC.CC(=O)ONS(=O)(=O)c1ccccc1. The summed E-state index contributed by atoms with van der Waals surface area (Å²) in [5.41, 5.74) is 0. The fourth-order valence-corrected chi connectivity index (χ4v) is 1.60. The highest BCUT2D eigenvalue weighted by Gasteiger charge is 2.14. The second-order valence-electron chi connectivity index (χ2n) is 2.49. The van der Waals surface area contributed by atoms with Crippen LogP contribution in [0.2, 0.25) is 0 Å². The van der Waals surface area contributed by atoms with Crippen molar-refractivity contribution in [3.63, 3.8) is 0 Å². The van der Waals surface area contributed by atoms with Crippen molar-refractivity contribution in [2.45, 2.75) is 25.7 Å². The normalized spacial score (nSPS) is 9.94. The Morgan fingerprint density at radius 1 is 1.19 bits per heavy atom. The highest BCUT2D eigenvalue weighted by atomic mass is 32.2. The molecule has 6 heteroatoms. The first-order valence-electron chi connectivity index (χ1n) is 4.76. The Bertz CT molecular complexity index is 414. The van der Waals surface area contributed by atoms with Crippen LogP contribution in [0.25, 0.3) is 0 Å². The zero-order valence-corrected chi connectivity index (χ0v) is 10.2. The summed E-state index contributed by atoms with van der Waals surface area (Å²) in [4.78, 5) is 16.3. The summed E-state index contributed by atoms with van der Waals surface area (Å²) in [5, 5.41) is 0. The lowest BCUT2D eigenvalue weighted by molar-refractivity contribution is -0.144. The van der Waals surface area contributed by atoms with Gasteiger partial charge in [-0.3, -0.25) is 4.79 Å². The number of hydrogen-bond donors (Lipinski definition) is 1. The molecule has 16 heavy (non-hydrogen) atoms. The van der Waals surface area contributed by atoms with Crippen LogP contribution in [0.3, 0.4) is 0 Å². The standard InChI is InChI=1S/C8H9NO4S.C2H6/c1-7(10)13-9-14(11,12)8-5-3-2-4-6-8;1-2/h2-6,9H,1H3;1-2H3. The van der Waals surface area contributed by atoms with Crippen LogP contribution in [0, 0.1) is 0 Å². The lowest BCUT2D eigenvalue weighted by Gasteiger charge is -2.04. The second-order valence-corrected chi connectivity index (χ2v) is 4.14. The van der Waals surface area contributed by atoms with Crippen LogP contribution in [0.15, 0.2) is 35.2 Å². The van der Waals surface area contributed by atoms with E-state index >= 15 is 0 Å². The lowest BCUT2D eigenvalue weighted by atomic mass is 10.4. The first-order valence-corrected chi connectivity index (χ1v) is 6.25. The Morgan fingerprint density at radius 3 is 2.12 bits per heavy atom. The number of hydrogen-bond acceptors (Lipinski definition) is 4. The maximum Gasteiger partial charge on any atom is 0.323 e. The Balaban J connectivity index is 0.00000106. The van der Waals surface area contributed by atoms with Crippen molar-refractivity contribution in [3.8, 4) is 0 Å². The zero-order valence-electron chi connectivity index (χ0n) is 9.43. The second kappa shape index (κ2) is 6.97. The van der Waals surface area contributed by atoms with Gasteiger partial charge in [0.15, 0.2) is 0 Å². The molecule has 0 atom stereocenters. The molecule has 0 saturated carbocycles. The predicted octanol–water partition coefficient (Wildman–Crippen LogP) is 1.47. The van der Waals surface area contributed by atoms with E-state index in [0.29, 0.717) is 0 Å². The Kier molecular flexibility index (Phi) is 6.36. The van der Waals surface area contributed by atoms with Crippen LogP contribution >= 0.6 is 0 Å². The van der Waals surface area contributed by atoms with Gasteiger partial charge in [-0.1, -0.05) is 32.0 Å². The third-order valence-electron chi connectivity index (χ3n) is 1.35. The third-order valence-corrected chi connectivity index (χ3v) is 2.54. The molecule has 0 radical (unpaired) electrons. The summed E-state index contributed by atoms with van der Waals surface area (Å²) in [6, 6.07) is 7.62. The molecule has 1 rings (SSSR count). The number of rotatable bonds is 3. The first kappa shape index (κ1) is 14.6. The molecular formula is C10H15NO4S. The van der Waals surface area contributed by atoms with E-state index in [4.69, 9.17) is 0 Å². The van der Waals surface area contributed by atoms with E-state index in [1.54, 1.807) is 23.1 Å². The van der Waals surface area contributed by atoms with Crippen LogP contribution in [-0.4, -0.2) is 14.4 Å². The molecule has 0 aliphatic carbocycles. The van der Waals surface area contributed by atoms with Crippen molar-refractivity contribution in [1.29, 1.82) is 0 Å². The van der Waals surface area contributed by atoms with Crippen LogP contribution in [0.5, 0.6) is 0 Å². The predicted molar refractivity (Wildman–Crippen MR) is 59.9 cm³/mol. The topological polar surface area (TPSA) is 72.5 Å². The molecule has 1 aromatic carbocycles. The molecule has 0 aliphatic heterocycles. The fourth-order valence-electron chi connectivity index (χ4n) is 0.761. The Labute approximate surface area is 95.4 Å². The lowest BCUT2D eigenvalue weighted by Crippen LogP contribution is -2.26. The molecular weight excluding hydrogens is 230 g/mol. The first-order chi connectivity index (χ1) is 7.52. The highest BCUT2D eigenvalue weighted by molar-refractivity contribution is 7.89. The van der Waals surface area contributed by atoms with E-state index < -0.39 is 16.0 Å². The minimum absolute atomic E-state index is 0.0428. The van der Waals surface area contributed by atoms with Gasteiger partial charge in [-0.25, -0.2) is 8.42 Å². The van der Waals surface area contributed by atoms with Crippen molar-refractivity contribution < 1.29 is 18.0 Å². The quantitative estimate of drug-likeness (QED) is 0.818. The van der Waals surface area contributed by atoms with Crippen molar-refractivity contribution in [3.05, 3.63) is 30.3 Å². The van der Waals surface area contributed by atoms with E-state index in [9.17, 15) is 13.2 Å². The molecule has 1 aromatic rings. The number of carbonyl (C=O) groups excluding carboxylic acids is 1. The number of carbonyl (C=O) groups is 1. The molecule has 0 spiro atoms. The van der Waals surface area contributed by atoms with Gasteiger partial charge in [-0.15, -0.1) is 0 Å². The fraction of sp³-hybridized carbons (Fsp3) is 0.300. The molecule has 0 bridgehead atoms. The molecule has 0 heterocycles. The van der Waals surface area contributed by atoms with E-state index in [2.05, 4.69) is 4.84 Å². The van der Waals surface area contributed by atoms with Gasteiger partial charge in [-0.05, 0) is 17.0 Å². The minimum atomic E-state index is -3.75. The van der Waals surface area contributed by atoms with E-state index in [1.165, 1.54) is 12.1 Å². The van der Waals surface area contributed by atoms with E-state index in [-0.39, 0.29) is 4.90 Å². The summed E-state index contributed by atoms with van der Waals surface area (Å²) in [5.74, 6) is -0.718. The number of nitrogens with one attached hydrogen (secondary N) is 1. The van der Waals surface area contributed by atoms with Crippen molar-refractivity contribution in [2.75, 3.05) is 0 Å². The van der Waals surface area contributed by atoms with Gasteiger partial charge >= 0.3 is 5.97 Å². The molecule has 0 aromatic heterocycles. The van der Waals surface area contributed by atoms with Crippen LogP contribution in [0.4, 0.5) is 0 Å². The average Bonchev–Trinajstić information content (AvgIpc) is 2.30. The maximum atomic E-state index is 11.3. The van der Waals surface area contributed by atoms with Gasteiger partial charge in [0.2, 0.25) is 0 Å². The molecule has 1 N–H and O–H groups in total. The van der Waals surface area contributed by atoms with Gasteiger partial charge in [0, 0.05) is 6.92 Å². The minimum Gasteiger partial charge on any atom is -0.356 e. The van der Waals surface area contributed by atoms with Crippen LogP contribution in [-0.2, 0) is 19.7 Å². The van der Waals surface area contributed by atoms with Crippen molar-refractivity contribution in [1.82, 2.24) is 4.89 Å². The largest absolute Gasteiger partial charge is 0.356 e. The molecule has 0 fully saturated rings. The summed E-state index contributed by atoms with van der Waals surface area (Å²) < 4.78 is 22.7. The Morgan fingerprint density at radius 2 is 1.69 bits per heavy atom. The van der Waals surface area contributed by atoms with Gasteiger partial charge < -0.3 is 4.84 Å². The molecule has 90 valence electrons. The van der Waals surface area contributed by atoms with Crippen LogP contribution < -0.4 is 4.89 Å². The number of sulfonamides is 1. The summed E-state index contributed by atoms with van der Waals surface area (Å²) in [6.07, 6.45) is 0. The molecule has 0 aliphatic rings. The smallest absolute Gasteiger partial charge is 0.323 e. The van der Waals surface area contributed by atoms with Gasteiger partial charge in [0.1, 0.15) is 0 Å². The van der Waals surface area contributed by atoms with Crippen molar-refractivity contribution in [2.24, 2.45) is 0 Å². The van der Waals surface area contributed by atoms with Gasteiger partial charge in [0.05, 0.1) is 4.90 Å². The number of benzene rings is 1. The van der Waals surface area contributed by atoms with Gasteiger partial charge in [0.25, 0.3) is 10.0 Å². The zero-order chi connectivity index (χ0) is 12.6. The van der Waals surface area contributed by atoms with E-state index in [1.807, 2.05) is 13.8 Å². The monoisotopic (exact) mass is 245 g/mol. The maximum absolute atomic E-state index is 11.3. The summed E-state index contributed by atoms with van der Waals surface area (Å²) in [7, 11) is -3.75. The summed E-state index contributed by atoms with van der Waals surface area (Å²) in [6.45, 7) is 5.10.